The lowest BCUT2D eigenvalue weighted by Crippen LogP contribution is -2.22. The van der Waals surface area contributed by atoms with E-state index >= 15 is 0 Å². The first kappa shape index (κ1) is 9.65. The van der Waals surface area contributed by atoms with Crippen LogP contribution in [0.25, 0.3) is 0 Å². The van der Waals surface area contributed by atoms with Gasteiger partial charge in [0.1, 0.15) is 0 Å². The first-order valence-corrected chi connectivity index (χ1v) is 3.90. The van der Waals surface area contributed by atoms with Crippen LogP contribution in [0.2, 0.25) is 0 Å². The molecule has 1 rings (SSSR count). The van der Waals surface area contributed by atoms with Crippen molar-refractivity contribution >= 4 is 11.6 Å². The Morgan fingerprint density at radius 3 is 2.50 bits per heavy atom. The monoisotopic (exact) mass is 196 g/mol. The van der Waals surface area contributed by atoms with Crippen LogP contribution < -0.4 is 0 Å². The fourth-order valence-electron chi connectivity index (χ4n) is 1.01. The molecule has 1 unspecified atom stereocenters. The maximum Gasteiger partial charge on any atom is 0.395 e. The van der Waals surface area contributed by atoms with E-state index in [0.717, 1.165) is 11.6 Å². The molecule has 68 valence electrons. The second-order valence-corrected chi connectivity index (χ2v) is 3.19. The summed E-state index contributed by atoms with van der Waals surface area (Å²) >= 11 is 5.56. The molecule has 0 N–H and O–H groups in total. The van der Waals surface area contributed by atoms with E-state index in [4.69, 9.17) is 11.6 Å². The lowest BCUT2D eigenvalue weighted by molar-refractivity contribution is -0.160. The van der Waals surface area contributed by atoms with Crippen LogP contribution in [-0.2, 0) is 0 Å². The molecule has 0 saturated carbocycles. The number of rotatable bonds is 0. The molecule has 0 spiro atoms. The molecule has 0 saturated heterocycles. The van der Waals surface area contributed by atoms with Gasteiger partial charge in [0.15, 0.2) is 0 Å². The molecule has 0 aliphatic heterocycles. The fraction of sp³-hybridized carbons (Fsp3) is 0.500. The van der Waals surface area contributed by atoms with E-state index in [1.54, 1.807) is 6.92 Å². The molecule has 12 heavy (non-hydrogen) atoms. The van der Waals surface area contributed by atoms with Gasteiger partial charge in [-0.1, -0.05) is 23.8 Å². The molecular weight excluding hydrogens is 189 g/mol. The van der Waals surface area contributed by atoms with E-state index in [2.05, 4.69) is 0 Å². The molecule has 0 aromatic carbocycles. The first-order chi connectivity index (χ1) is 5.41. The second-order valence-electron chi connectivity index (χ2n) is 2.79. The maximum absolute atomic E-state index is 12.1. The van der Waals surface area contributed by atoms with E-state index in [0.29, 0.717) is 0 Å². The summed E-state index contributed by atoms with van der Waals surface area (Å²) in [5, 5.41) is 0.212. The van der Waals surface area contributed by atoms with Crippen LogP contribution in [0.15, 0.2) is 22.8 Å². The third-order valence-corrected chi connectivity index (χ3v) is 2.25. The molecule has 1 aliphatic rings. The zero-order valence-corrected chi connectivity index (χ0v) is 7.21. The Kier molecular flexibility index (Phi) is 2.52. The van der Waals surface area contributed by atoms with Gasteiger partial charge in [-0.2, -0.15) is 13.2 Å². The summed E-state index contributed by atoms with van der Waals surface area (Å²) in [5.41, 5.74) is 0.720. The first-order valence-electron chi connectivity index (χ1n) is 3.52. The predicted molar refractivity (Wildman–Crippen MR) is 41.9 cm³/mol. The lowest BCUT2D eigenvalue weighted by Gasteiger charge is -2.19. The normalized spacial score (nSPS) is 24.9. The summed E-state index contributed by atoms with van der Waals surface area (Å²) in [4.78, 5) is 0. The molecule has 0 radical (unpaired) electrons. The molecule has 0 aromatic heterocycles. The van der Waals surface area contributed by atoms with Crippen molar-refractivity contribution in [1.29, 1.82) is 0 Å². The average molecular weight is 197 g/mol. The van der Waals surface area contributed by atoms with Crippen molar-refractivity contribution in [3.63, 3.8) is 0 Å². The maximum atomic E-state index is 12.1. The van der Waals surface area contributed by atoms with E-state index in [1.165, 1.54) is 6.08 Å². The van der Waals surface area contributed by atoms with Gasteiger partial charge in [-0.05, 0) is 18.9 Å². The van der Waals surface area contributed by atoms with Crippen LogP contribution in [-0.4, -0.2) is 6.18 Å². The van der Waals surface area contributed by atoms with Gasteiger partial charge < -0.3 is 0 Å². The number of allylic oxidation sites excluding steroid dienone is 4. The number of halogens is 4. The Labute approximate surface area is 73.7 Å². The number of hydrogen-bond acceptors (Lipinski definition) is 0. The third kappa shape index (κ3) is 2.03. The Balaban J connectivity index is 2.79. The SMILES string of the molecule is CC1=CCC(C(F)(F)F)C=C1Cl. The minimum absolute atomic E-state index is 0.00551. The van der Waals surface area contributed by atoms with E-state index in [1.807, 2.05) is 0 Å². The van der Waals surface area contributed by atoms with E-state index < -0.39 is 12.1 Å². The molecule has 0 nitrogen and oxygen atoms in total. The summed E-state index contributed by atoms with van der Waals surface area (Å²) in [6.45, 7) is 1.70. The fourth-order valence-corrected chi connectivity index (χ4v) is 1.23. The van der Waals surface area contributed by atoms with Crippen molar-refractivity contribution < 1.29 is 13.2 Å². The van der Waals surface area contributed by atoms with Gasteiger partial charge in [-0.25, -0.2) is 0 Å². The van der Waals surface area contributed by atoms with Gasteiger partial charge in [0.05, 0.1) is 5.92 Å². The lowest BCUT2D eigenvalue weighted by atomic mass is 9.97. The van der Waals surface area contributed by atoms with Gasteiger partial charge in [-0.3, -0.25) is 0 Å². The van der Waals surface area contributed by atoms with Crippen LogP contribution in [0.5, 0.6) is 0 Å². The molecule has 0 bridgehead atoms. The van der Waals surface area contributed by atoms with Crippen LogP contribution in [0.4, 0.5) is 13.2 Å². The molecule has 0 amide bonds. The van der Waals surface area contributed by atoms with Gasteiger partial charge in [0.25, 0.3) is 0 Å². The standard InChI is InChI=1S/C8H8ClF3/c1-5-2-3-6(4-7(5)9)8(10,11)12/h2,4,6H,3H2,1H3. The zero-order valence-electron chi connectivity index (χ0n) is 6.45. The molecular formula is C8H8ClF3. The van der Waals surface area contributed by atoms with Gasteiger partial charge in [-0.15, -0.1) is 0 Å². The van der Waals surface area contributed by atoms with Crippen molar-refractivity contribution in [1.82, 2.24) is 0 Å². The van der Waals surface area contributed by atoms with Crippen LogP contribution >= 0.6 is 11.6 Å². The minimum Gasteiger partial charge on any atom is -0.170 e. The predicted octanol–water partition coefficient (Wildman–Crippen LogP) is 3.64. The van der Waals surface area contributed by atoms with Crippen molar-refractivity contribution in [2.45, 2.75) is 19.5 Å². The molecule has 1 aliphatic carbocycles. The summed E-state index contributed by atoms with van der Waals surface area (Å²) in [6, 6.07) is 0. The summed E-state index contributed by atoms with van der Waals surface area (Å²) in [6.07, 6.45) is -1.58. The topological polar surface area (TPSA) is 0 Å². The van der Waals surface area contributed by atoms with Crippen molar-refractivity contribution in [2.75, 3.05) is 0 Å². The van der Waals surface area contributed by atoms with E-state index in [9.17, 15) is 13.2 Å². The minimum atomic E-state index is -4.17. The highest BCUT2D eigenvalue weighted by Crippen LogP contribution is 2.36. The summed E-state index contributed by atoms with van der Waals surface area (Å²) < 4.78 is 36.3. The van der Waals surface area contributed by atoms with Crippen LogP contribution in [0.3, 0.4) is 0 Å². The van der Waals surface area contributed by atoms with Gasteiger partial charge >= 0.3 is 6.18 Å². The average Bonchev–Trinajstić information content (AvgIpc) is 1.92. The highest BCUT2D eigenvalue weighted by atomic mass is 35.5. The van der Waals surface area contributed by atoms with Gasteiger partial charge in [0, 0.05) is 5.03 Å². The van der Waals surface area contributed by atoms with Crippen molar-refractivity contribution in [2.24, 2.45) is 5.92 Å². The molecule has 1 atom stereocenters. The number of alkyl halides is 3. The molecule has 0 fully saturated rings. The van der Waals surface area contributed by atoms with Crippen LogP contribution in [0, 0.1) is 5.92 Å². The van der Waals surface area contributed by atoms with Crippen molar-refractivity contribution in [3.05, 3.63) is 22.8 Å². The highest BCUT2D eigenvalue weighted by molar-refractivity contribution is 6.32. The van der Waals surface area contributed by atoms with E-state index in [-0.39, 0.29) is 11.5 Å². The Morgan fingerprint density at radius 1 is 1.50 bits per heavy atom. The molecule has 4 heteroatoms. The molecule has 0 aromatic rings. The highest BCUT2D eigenvalue weighted by Gasteiger charge is 2.38. The van der Waals surface area contributed by atoms with Crippen molar-refractivity contribution in [3.8, 4) is 0 Å². The van der Waals surface area contributed by atoms with Gasteiger partial charge in [0.2, 0.25) is 0 Å². The summed E-state index contributed by atoms with van der Waals surface area (Å²) in [5.74, 6) is -1.41. The Bertz CT molecular complexity index is 237. The quantitative estimate of drug-likeness (QED) is 0.555. The summed E-state index contributed by atoms with van der Waals surface area (Å²) in [7, 11) is 0. The Morgan fingerprint density at radius 2 is 2.08 bits per heavy atom. The molecule has 0 heterocycles. The third-order valence-electron chi connectivity index (χ3n) is 1.82. The second kappa shape index (κ2) is 3.13. The largest absolute Gasteiger partial charge is 0.395 e. The van der Waals surface area contributed by atoms with Crippen LogP contribution in [0.1, 0.15) is 13.3 Å². The zero-order chi connectivity index (χ0) is 9.35. The smallest absolute Gasteiger partial charge is 0.170 e. The number of hydrogen-bond donors (Lipinski definition) is 0. The Hall–Kier alpha value is -0.440.